The molecule has 5 aromatic rings. The summed E-state index contributed by atoms with van der Waals surface area (Å²) in [5.41, 5.74) is 6.52. The summed E-state index contributed by atoms with van der Waals surface area (Å²) in [4.78, 5) is 4.55. The molecule has 214 valence electrons. The highest BCUT2D eigenvalue weighted by atomic mass is 16.5. The number of nitrogens with zero attached hydrogens (tertiary/aromatic N) is 2. The Morgan fingerprint density at radius 2 is 0.667 bits per heavy atom. The van der Waals surface area contributed by atoms with E-state index >= 15 is 0 Å². The van der Waals surface area contributed by atoms with Crippen LogP contribution in [-0.2, 0) is 0 Å². The molecule has 0 amide bonds. The van der Waals surface area contributed by atoms with Gasteiger partial charge in [0, 0.05) is 34.1 Å². The normalized spacial score (nSPS) is 10.7. The van der Waals surface area contributed by atoms with Gasteiger partial charge in [0.05, 0.1) is 13.2 Å². The van der Waals surface area contributed by atoms with Crippen LogP contribution in [0.3, 0.4) is 0 Å². The van der Waals surface area contributed by atoms with Crippen molar-refractivity contribution in [2.75, 3.05) is 23.0 Å². The summed E-state index contributed by atoms with van der Waals surface area (Å²) in [5.74, 6) is 1.80. The van der Waals surface area contributed by atoms with Gasteiger partial charge in [0.25, 0.3) is 0 Å². The standard InChI is InChI=1S/C38H40N2O2/c1-3-5-29-41-37-25-21-35(22-26-37)39(31-13-9-7-10-14-31)33-17-19-34(20-18-33)40(32-15-11-8-12-16-32)36-23-27-38(28-24-36)42-30-6-4-2/h7-28H,3-6,29-30H2,1-2H3. The zero-order chi connectivity index (χ0) is 29.0. The lowest BCUT2D eigenvalue weighted by molar-refractivity contribution is 0.309. The number of rotatable bonds is 14. The first kappa shape index (κ1) is 28.8. The fourth-order valence-electron chi connectivity index (χ4n) is 4.85. The third kappa shape index (κ3) is 7.32. The monoisotopic (exact) mass is 556 g/mol. The summed E-state index contributed by atoms with van der Waals surface area (Å²) in [7, 11) is 0. The van der Waals surface area contributed by atoms with Gasteiger partial charge in [-0.25, -0.2) is 0 Å². The fraction of sp³-hybridized carbons (Fsp3) is 0.211. The second kappa shape index (κ2) is 14.8. The minimum Gasteiger partial charge on any atom is -0.494 e. The van der Waals surface area contributed by atoms with E-state index in [1.54, 1.807) is 0 Å². The van der Waals surface area contributed by atoms with Crippen LogP contribution in [0.4, 0.5) is 34.1 Å². The molecule has 0 radical (unpaired) electrons. The third-order valence-electron chi connectivity index (χ3n) is 7.12. The molecule has 42 heavy (non-hydrogen) atoms. The lowest BCUT2D eigenvalue weighted by atomic mass is 10.1. The highest BCUT2D eigenvalue weighted by Crippen LogP contribution is 2.39. The fourth-order valence-corrected chi connectivity index (χ4v) is 4.85. The minimum atomic E-state index is 0.742. The Labute approximate surface area is 250 Å². The molecule has 0 atom stereocenters. The van der Waals surface area contributed by atoms with Crippen LogP contribution in [0, 0.1) is 0 Å². The van der Waals surface area contributed by atoms with Gasteiger partial charge in [-0.1, -0.05) is 63.1 Å². The Morgan fingerprint density at radius 1 is 0.381 bits per heavy atom. The molecule has 0 spiro atoms. The largest absolute Gasteiger partial charge is 0.494 e. The summed E-state index contributed by atoms with van der Waals surface area (Å²) in [5, 5.41) is 0. The quantitative estimate of drug-likeness (QED) is 0.127. The van der Waals surface area contributed by atoms with E-state index in [9.17, 15) is 0 Å². The first-order valence-corrected chi connectivity index (χ1v) is 15.0. The van der Waals surface area contributed by atoms with Gasteiger partial charge in [-0.2, -0.15) is 0 Å². The van der Waals surface area contributed by atoms with Crippen molar-refractivity contribution < 1.29 is 9.47 Å². The van der Waals surface area contributed by atoms with E-state index in [2.05, 4.69) is 145 Å². The number of unbranched alkanes of at least 4 members (excludes halogenated alkanes) is 2. The smallest absolute Gasteiger partial charge is 0.119 e. The molecule has 4 heteroatoms. The predicted octanol–water partition coefficient (Wildman–Crippen LogP) is 11.0. The lowest BCUT2D eigenvalue weighted by Crippen LogP contribution is -2.12. The van der Waals surface area contributed by atoms with E-state index in [0.29, 0.717) is 0 Å². The van der Waals surface area contributed by atoms with Crippen LogP contribution in [0.2, 0.25) is 0 Å². The van der Waals surface area contributed by atoms with Crippen LogP contribution in [0.25, 0.3) is 0 Å². The SMILES string of the molecule is CCCCOc1ccc(N(c2ccccc2)c2ccc(N(c3ccccc3)c3ccc(OCCCC)cc3)cc2)cc1. The van der Waals surface area contributed by atoms with Crippen molar-refractivity contribution >= 4 is 34.1 Å². The average Bonchev–Trinajstić information content (AvgIpc) is 3.05. The number of para-hydroxylation sites is 2. The van der Waals surface area contributed by atoms with E-state index in [1.165, 1.54) is 0 Å². The van der Waals surface area contributed by atoms with Crippen LogP contribution < -0.4 is 19.3 Å². The Hall–Kier alpha value is -4.70. The van der Waals surface area contributed by atoms with Gasteiger partial charge >= 0.3 is 0 Å². The van der Waals surface area contributed by atoms with Gasteiger partial charge in [0.15, 0.2) is 0 Å². The van der Waals surface area contributed by atoms with Crippen molar-refractivity contribution in [3.8, 4) is 11.5 Å². The molecule has 0 heterocycles. The van der Waals surface area contributed by atoms with E-state index in [1.807, 2.05) is 12.1 Å². The molecule has 5 rings (SSSR count). The van der Waals surface area contributed by atoms with Crippen LogP contribution in [0.5, 0.6) is 11.5 Å². The summed E-state index contributed by atoms with van der Waals surface area (Å²) >= 11 is 0. The number of benzene rings is 5. The summed E-state index contributed by atoms with van der Waals surface area (Å²) in [6.07, 6.45) is 4.36. The third-order valence-corrected chi connectivity index (χ3v) is 7.12. The van der Waals surface area contributed by atoms with Crippen molar-refractivity contribution in [1.29, 1.82) is 0 Å². The maximum atomic E-state index is 5.92. The molecule has 0 saturated carbocycles. The summed E-state index contributed by atoms with van der Waals surface area (Å²) < 4.78 is 11.8. The first-order valence-electron chi connectivity index (χ1n) is 15.0. The minimum absolute atomic E-state index is 0.742. The van der Waals surface area contributed by atoms with E-state index in [4.69, 9.17) is 9.47 Å². The maximum Gasteiger partial charge on any atom is 0.119 e. The van der Waals surface area contributed by atoms with Gasteiger partial charge in [-0.3, -0.25) is 0 Å². The van der Waals surface area contributed by atoms with Crippen molar-refractivity contribution in [2.45, 2.75) is 39.5 Å². The van der Waals surface area contributed by atoms with E-state index < -0.39 is 0 Å². The molecule has 0 aliphatic carbocycles. The zero-order valence-corrected chi connectivity index (χ0v) is 24.7. The zero-order valence-electron chi connectivity index (χ0n) is 24.7. The van der Waals surface area contributed by atoms with Crippen LogP contribution in [0.1, 0.15) is 39.5 Å². The first-order chi connectivity index (χ1) is 20.8. The molecule has 0 unspecified atom stereocenters. The molecule has 0 aromatic heterocycles. The molecule has 0 bridgehead atoms. The molecule has 0 N–H and O–H groups in total. The number of anilines is 6. The average molecular weight is 557 g/mol. The van der Waals surface area contributed by atoms with Gasteiger partial charge in [0.2, 0.25) is 0 Å². The maximum absolute atomic E-state index is 5.92. The van der Waals surface area contributed by atoms with E-state index in [0.717, 1.165) is 84.5 Å². The predicted molar refractivity (Wildman–Crippen MR) is 177 cm³/mol. The number of ether oxygens (including phenoxy) is 2. The highest BCUT2D eigenvalue weighted by molar-refractivity contribution is 5.81. The van der Waals surface area contributed by atoms with Gasteiger partial charge in [0.1, 0.15) is 11.5 Å². The van der Waals surface area contributed by atoms with E-state index in [-0.39, 0.29) is 0 Å². The molecule has 5 aromatic carbocycles. The topological polar surface area (TPSA) is 24.9 Å². The molecule has 0 saturated heterocycles. The summed E-state index contributed by atoms with van der Waals surface area (Å²) in [6.45, 7) is 5.84. The van der Waals surface area contributed by atoms with Crippen molar-refractivity contribution in [3.63, 3.8) is 0 Å². The van der Waals surface area contributed by atoms with Gasteiger partial charge < -0.3 is 19.3 Å². The second-order valence-corrected chi connectivity index (χ2v) is 10.3. The molecule has 0 aliphatic rings. The van der Waals surface area contributed by atoms with Crippen molar-refractivity contribution in [1.82, 2.24) is 0 Å². The Bertz CT molecular complexity index is 1350. The molecule has 0 aliphatic heterocycles. The van der Waals surface area contributed by atoms with Crippen LogP contribution in [0.15, 0.2) is 133 Å². The van der Waals surface area contributed by atoms with Crippen molar-refractivity contribution in [3.05, 3.63) is 133 Å². The number of hydrogen-bond donors (Lipinski definition) is 0. The summed E-state index contributed by atoms with van der Waals surface area (Å²) in [6, 6.07) is 46.4. The van der Waals surface area contributed by atoms with Crippen LogP contribution >= 0.6 is 0 Å². The van der Waals surface area contributed by atoms with Gasteiger partial charge in [-0.05, 0) is 110 Å². The lowest BCUT2D eigenvalue weighted by Gasteiger charge is -2.28. The second-order valence-electron chi connectivity index (χ2n) is 10.3. The Balaban J connectivity index is 1.45. The Morgan fingerprint density at radius 3 is 0.976 bits per heavy atom. The number of hydrogen-bond acceptors (Lipinski definition) is 4. The highest BCUT2D eigenvalue weighted by Gasteiger charge is 2.16. The molecular weight excluding hydrogens is 516 g/mol. The van der Waals surface area contributed by atoms with Crippen LogP contribution in [-0.4, -0.2) is 13.2 Å². The molecular formula is C38H40N2O2. The van der Waals surface area contributed by atoms with Crippen molar-refractivity contribution in [2.24, 2.45) is 0 Å². The molecule has 0 fully saturated rings. The Kier molecular flexibility index (Phi) is 10.1. The molecule has 4 nitrogen and oxygen atoms in total. The van der Waals surface area contributed by atoms with Gasteiger partial charge in [-0.15, -0.1) is 0 Å².